The summed E-state index contributed by atoms with van der Waals surface area (Å²) in [6.07, 6.45) is 5.48. The summed E-state index contributed by atoms with van der Waals surface area (Å²) in [6, 6.07) is 17.3. The molecule has 0 aliphatic carbocycles. The summed E-state index contributed by atoms with van der Waals surface area (Å²) in [6.45, 7) is 1.65. The van der Waals surface area contributed by atoms with Crippen LogP contribution >= 0.6 is 0 Å². The molecule has 0 aliphatic heterocycles. The standard InChI is InChI=1S/C22H19N5O2/c1-15(24-21(29)17-6-3-2-4-7-17)20(28)25-18-10-8-16(9-11-18)19-14-27-13-5-12-23-22(27)26-19/h2-15H,1H3,(H,24,29)(H,25,28). The van der Waals surface area contributed by atoms with Crippen LogP contribution in [0, 0.1) is 0 Å². The van der Waals surface area contributed by atoms with Gasteiger partial charge in [-0.05, 0) is 37.3 Å². The summed E-state index contributed by atoms with van der Waals surface area (Å²) in [4.78, 5) is 33.3. The van der Waals surface area contributed by atoms with Crippen molar-refractivity contribution in [3.05, 3.63) is 84.8 Å². The Bertz CT molecular complexity index is 1120. The van der Waals surface area contributed by atoms with E-state index >= 15 is 0 Å². The molecule has 144 valence electrons. The smallest absolute Gasteiger partial charge is 0.251 e. The molecule has 0 spiro atoms. The number of nitrogens with one attached hydrogen (secondary N) is 2. The molecule has 4 aromatic rings. The number of aromatic nitrogens is 3. The highest BCUT2D eigenvalue weighted by atomic mass is 16.2. The Balaban J connectivity index is 1.40. The molecule has 0 saturated heterocycles. The van der Waals surface area contributed by atoms with E-state index in [1.54, 1.807) is 49.5 Å². The first-order chi connectivity index (χ1) is 14.1. The van der Waals surface area contributed by atoms with Gasteiger partial charge in [-0.3, -0.25) is 14.0 Å². The van der Waals surface area contributed by atoms with Crippen molar-refractivity contribution < 1.29 is 9.59 Å². The van der Waals surface area contributed by atoms with Crippen LogP contribution in [0.1, 0.15) is 17.3 Å². The predicted octanol–water partition coefficient (Wildman–Crippen LogP) is 3.15. The zero-order chi connectivity index (χ0) is 20.2. The zero-order valence-electron chi connectivity index (χ0n) is 15.7. The van der Waals surface area contributed by atoms with E-state index in [0.29, 0.717) is 17.0 Å². The molecule has 7 nitrogen and oxygen atoms in total. The summed E-state index contributed by atoms with van der Waals surface area (Å²) in [7, 11) is 0. The van der Waals surface area contributed by atoms with Crippen molar-refractivity contribution >= 4 is 23.3 Å². The van der Waals surface area contributed by atoms with E-state index in [0.717, 1.165) is 11.3 Å². The fourth-order valence-corrected chi connectivity index (χ4v) is 2.88. The Hall–Kier alpha value is -4.00. The number of anilines is 1. The fraction of sp³-hybridized carbons (Fsp3) is 0.0909. The molecule has 0 radical (unpaired) electrons. The number of carbonyl (C=O) groups is 2. The van der Waals surface area contributed by atoms with Gasteiger partial charge in [0.2, 0.25) is 11.7 Å². The third-order valence-electron chi connectivity index (χ3n) is 4.46. The fourth-order valence-electron chi connectivity index (χ4n) is 2.88. The van der Waals surface area contributed by atoms with Gasteiger partial charge in [0, 0.05) is 35.4 Å². The number of benzene rings is 2. The van der Waals surface area contributed by atoms with Crippen LogP contribution < -0.4 is 10.6 Å². The molecule has 0 bridgehead atoms. The van der Waals surface area contributed by atoms with Crippen molar-refractivity contribution in [1.82, 2.24) is 19.7 Å². The molecule has 4 rings (SSSR count). The molecule has 0 aliphatic rings. The molecule has 2 aromatic heterocycles. The Morgan fingerprint density at radius 3 is 2.48 bits per heavy atom. The lowest BCUT2D eigenvalue weighted by atomic mass is 10.1. The van der Waals surface area contributed by atoms with Gasteiger partial charge >= 0.3 is 0 Å². The maximum absolute atomic E-state index is 12.4. The lowest BCUT2D eigenvalue weighted by Crippen LogP contribution is -2.41. The molecule has 0 fully saturated rings. The van der Waals surface area contributed by atoms with E-state index < -0.39 is 6.04 Å². The Labute approximate surface area is 167 Å². The molecule has 0 saturated carbocycles. The van der Waals surface area contributed by atoms with Crippen LogP contribution in [0.5, 0.6) is 0 Å². The molecule has 1 unspecified atom stereocenters. The van der Waals surface area contributed by atoms with Gasteiger partial charge in [0.15, 0.2) is 0 Å². The van der Waals surface area contributed by atoms with Crippen molar-refractivity contribution in [2.24, 2.45) is 0 Å². The second-order valence-electron chi connectivity index (χ2n) is 6.58. The van der Waals surface area contributed by atoms with Crippen LogP contribution in [-0.4, -0.2) is 32.2 Å². The van der Waals surface area contributed by atoms with Crippen LogP contribution in [0.4, 0.5) is 5.69 Å². The highest BCUT2D eigenvalue weighted by Gasteiger charge is 2.16. The van der Waals surface area contributed by atoms with Crippen LogP contribution in [-0.2, 0) is 4.79 Å². The number of rotatable bonds is 5. The molecule has 2 aromatic carbocycles. The maximum atomic E-state index is 12.4. The van der Waals surface area contributed by atoms with E-state index in [-0.39, 0.29) is 11.8 Å². The lowest BCUT2D eigenvalue weighted by Gasteiger charge is -2.14. The van der Waals surface area contributed by atoms with Gasteiger partial charge in [-0.25, -0.2) is 9.97 Å². The maximum Gasteiger partial charge on any atom is 0.251 e. The number of fused-ring (bicyclic) bond motifs is 1. The van der Waals surface area contributed by atoms with Gasteiger partial charge in [-0.15, -0.1) is 0 Å². The Kier molecular flexibility index (Phi) is 5.03. The molecular weight excluding hydrogens is 366 g/mol. The SMILES string of the molecule is CC(NC(=O)c1ccccc1)C(=O)Nc1ccc(-c2cn3cccnc3n2)cc1. The van der Waals surface area contributed by atoms with Crippen molar-refractivity contribution in [2.75, 3.05) is 5.32 Å². The van der Waals surface area contributed by atoms with Crippen molar-refractivity contribution in [3.8, 4) is 11.3 Å². The van der Waals surface area contributed by atoms with Crippen LogP contribution in [0.25, 0.3) is 17.0 Å². The predicted molar refractivity (Wildman–Crippen MR) is 110 cm³/mol. The first-order valence-electron chi connectivity index (χ1n) is 9.17. The van der Waals surface area contributed by atoms with Gasteiger partial charge in [0.05, 0.1) is 5.69 Å². The van der Waals surface area contributed by atoms with Crippen molar-refractivity contribution in [2.45, 2.75) is 13.0 Å². The van der Waals surface area contributed by atoms with Crippen molar-refractivity contribution in [1.29, 1.82) is 0 Å². The summed E-state index contributed by atoms with van der Waals surface area (Å²) < 4.78 is 1.85. The van der Waals surface area contributed by atoms with Gasteiger partial charge in [-0.1, -0.05) is 30.3 Å². The van der Waals surface area contributed by atoms with E-state index in [1.165, 1.54) is 0 Å². The van der Waals surface area contributed by atoms with E-state index in [1.807, 2.05) is 41.1 Å². The topological polar surface area (TPSA) is 88.4 Å². The second-order valence-corrected chi connectivity index (χ2v) is 6.58. The summed E-state index contributed by atoms with van der Waals surface area (Å²) in [5.41, 5.74) is 2.86. The van der Waals surface area contributed by atoms with Gasteiger partial charge in [0.25, 0.3) is 5.91 Å². The number of nitrogens with zero attached hydrogens (tertiary/aromatic N) is 3. The summed E-state index contributed by atoms with van der Waals surface area (Å²) in [5, 5.41) is 5.51. The molecule has 7 heteroatoms. The number of amides is 2. The average molecular weight is 385 g/mol. The summed E-state index contributed by atoms with van der Waals surface area (Å²) >= 11 is 0. The Morgan fingerprint density at radius 1 is 1.00 bits per heavy atom. The van der Waals surface area contributed by atoms with Gasteiger partial charge < -0.3 is 10.6 Å². The normalized spacial score (nSPS) is 11.8. The number of hydrogen-bond donors (Lipinski definition) is 2. The minimum atomic E-state index is -0.674. The largest absolute Gasteiger partial charge is 0.341 e. The molecule has 29 heavy (non-hydrogen) atoms. The Morgan fingerprint density at radius 2 is 1.76 bits per heavy atom. The highest BCUT2D eigenvalue weighted by Crippen LogP contribution is 2.20. The molecule has 1 atom stereocenters. The lowest BCUT2D eigenvalue weighted by molar-refractivity contribution is -0.117. The molecule has 2 amide bonds. The highest BCUT2D eigenvalue weighted by molar-refractivity contribution is 6.01. The minimum Gasteiger partial charge on any atom is -0.341 e. The average Bonchev–Trinajstić information content (AvgIpc) is 3.19. The first-order valence-corrected chi connectivity index (χ1v) is 9.17. The number of carbonyl (C=O) groups excluding carboxylic acids is 2. The van der Waals surface area contributed by atoms with Crippen LogP contribution in [0.3, 0.4) is 0 Å². The quantitative estimate of drug-likeness (QED) is 0.552. The molecular formula is C22H19N5O2. The number of hydrogen-bond acceptors (Lipinski definition) is 4. The van der Waals surface area contributed by atoms with E-state index in [9.17, 15) is 9.59 Å². The number of imidazole rings is 1. The van der Waals surface area contributed by atoms with Gasteiger partial charge in [0.1, 0.15) is 6.04 Å². The second kappa shape index (κ2) is 7.93. The molecule has 2 N–H and O–H groups in total. The van der Waals surface area contributed by atoms with Gasteiger partial charge in [-0.2, -0.15) is 0 Å². The summed E-state index contributed by atoms with van der Waals surface area (Å²) in [5.74, 6) is 0.0471. The minimum absolute atomic E-state index is 0.288. The third kappa shape index (κ3) is 4.14. The van der Waals surface area contributed by atoms with Crippen LogP contribution in [0.15, 0.2) is 79.3 Å². The molecule has 2 heterocycles. The van der Waals surface area contributed by atoms with Crippen LogP contribution in [0.2, 0.25) is 0 Å². The third-order valence-corrected chi connectivity index (χ3v) is 4.46. The van der Waals surface area contributed by atoms with E-state index in [4.69, 9.17) is 0 Å². The van der Waals surface area contributed by atoms with Crippen molar-refractivity contribution in [3.63, 3.8) is 0 Å². The zero-order valence-corrected chi connectivity index (χ0v) is 15.7. The first kappa shape index (κ1) is 18.4. The van der Waals surface area contributed by atoms with E-state index in [2.05, 4.69) is 20.6 Å². The monoisotopic (exact) mass is 385 g/mol.